The molecule has 3 heterocycles. The van der Waals surface area contributed by atoms with E-state index in [9.17, 15) is 0 Å². The van der Waals surface area contributed by atoms with Crippen LogP contribution in [0.1, 0.15) is 32.1 Å². The van der Waals surface area contributed by atoms with Gasteiger partial charge < -0.3 is 9.88 Å². The van der Waals surface area contributed by atoms with Crippen LogP contribution in [0, 0.1) is 5.92 Å². The monoisotopic (exact) mass is 357 g/mol. The van der Waals surface area contributed by atoms with E-state index in [1.165, 1.54) is 50.9 Å². The van der Waals surface area contributed by atoms with E-state index in [0.717, 1.165) is 34.1 Å². The van der Waals surface area contributed by atoms with Crippen molar-refractivity contribution in [3.63, 3.8) is 0 Å². The van der Waals surface area contributed by atoms with Gasteiger partial charge in [0.1, 0.15) is 17.8 Å². The van der Waals surface area contributed by atoms with Gasteiger partial charge in [-0.3, -0.25) is 4.90 Å². The first-order valence-electron chi connectivity index (χ1n) is 9.64. The number of thioether (sulfide) groups is 1. The number of hydrogen-bond donors (Lipinski definition) is 1. The molecule has 0 bridgehead atoms. The van der Waals surface area contributed by atoms with Gasteiger partial charge in [0, 0.05) is 43.7 Å². The number of aromatic amines is 1. The standard InChI is InChI=1S/C19H27N5S/c1-23(19-17-5-6-20-18(17)21-12-22-19)15-7-13(8-15)11-25-16-9-24(10-16)14-3-2-4-14/h5-6,12-16H,2-4,7-11H2,1H3,(H,20,21,22). The molecular formula is C19H27N5S. The maximum atomic E-state index is 4.53. The third kappa shape index (κ3) is 2.93. The molecule has 0 unspecified atom stereocenters. The van der Waals surface area contributed by atoms with E-state index in [2.05, 4.69) is 49.6 Å². The Labute approximate surface area is 153 Å². The molecule has 5 rings (SSSR count). The molecule has 1 aliphatic heterocycles. The van der Waals surface area contributed by atoms with E-state index < -0.39 is 0 Å². The third-order valence-electron chi connectivity index (χ3n) is 6.46. The van der Waals surface area contributed by atoms with Crippen LogP contribution >= 0.6 is 11.8 Å². The maximum absolute atomic E-state index is 4.53. The summed E-state index contributed by atoms with van der Waals surface area (Å²) in [5.74, 6) is 3.30. The van der Waals surface area contributed by atoms with Crippen molar-refractivity contribution in [2.75, 3.05) is 30.8 Å². The van der Waals surface area contributed by atoms with Gasteiger partial charge in [-0.25, -0.2) is 9.97 Å². The number of nitrogens with zero attached hydrogens (tertiary/aromatic N) is 4. The summed E-state index contributed by atoms with van der Waals surface area (Å²) >= 11 is 2.23. The molecule has 1 N–H and O–H groups in total. The summed E-state index contributed by atoms with van der Waals surface area (Å²) in [5, 5.41) is 2.03. The largest absolute Gasteiger partial charge is 0.356 e. The van der Waals surface area contributed by atoms with E-state index in [0.29, 0.717) is 6.04 Å². The Morgan fingerprint density at radius 2 is 2.12 bits per heavy atom. The fourth-order valence-corrected chi connectivity index (χ4v) is 5.77. The third-order valence-corrected chi connectivity index (χ3v) is 7.89. The summed E-state index contributed by atoms with van der Waals surface area (Å²) in [6.07, 6.45) is 10.6. The number of hydrogen-bond acceptors (Lipinski definition) is 5. The highest BCUT2D eigenvalue weighted by atomic mass is 32.2. The molecule has 0 amide bonds. The minimum atomic E-state index is 0.631. The van der Waals surface area contributed by atoms with Crippen molar-refractivity contribution in [3.05, 3.63) is 18.6 Å². The van der Waals surface area contributed by atoms with Gasteiger partial charge >= 0.3 is 0 Å². The van der Waals surface area contributed by atoms with Crippen LogP contribution in [0.3, 0.4) is 0 Å². The first-order valence-corrected chi connectivity index (χ1v) is 10.7. The molecule has 0 atom stereocenters. The lowest BCUT2D eigenvalue weighted by atomic mass is 9.81. The van der Waals surface area contributed by atoms with E-state index >= 15 is 0 Å². The molecule has 5 nitrogen and oxygen atoms in total. The zero-order chi connectivity index (χ0) is 16.8. The Kier molecular flexibility index (Phi) is 4.13. The first kappa shape index (κ1) is 15.9. The van der Waals surface area contributed by atoms with Gasteiger partial charge in [0.05, 0.1) is 5.39 Å². The molecule has 134 valence electrons. The van der Waals surface area contributed by atoms with Crippen LogP contribution in [-0.2, 0) is 0 Å². The average molecular weight is 358 g/mol. The second kappa shape index (κ2) is 6.47. The van der Waals surface area contributed by atoms with Gasteiger partial charge in [-0.1, -0.05) is 6.42 Å². The number of anilines is 1. The average Bonchev–Trinajstić information content (AvgIpc) is 2.96. The van der Waals surface area contributed by atoms with Crippen molar-refractivity contribution in [1.82, 2.24) is 19.9 Å². The van der Waals surface area contributed by atoms with E-state index in [4.69, 9.17) is 0 Å². The number of fused-ring (bicyclic) bond motifs is 1. The van der Waals surface area contributed by atoms with Gasteiger partial charge in [-0.2, -0.15) is 11.8 Å². The Morgan fingerprint density at radius 3 is 2.88 bits per heavy atom. The Morgan fingerprint density at radius 1 is 1.28 bits per heavy atom. The number of nitrogens with one attached hydrogen (secondary N) is 1. The van der Waals surface area contributed by atoms with Gasteiger partial charge in [0.25, 0.3) is 0 Å². The molecular weight excluding hydrogens is 330 g/mol. The molecule has 0 aromatic carbocycles. The van der Waals surface area contributed by atoms with Crippen LogP contribution in [0.25, 0.3) is 11.0 Å². The van der Waals surface area contributed by atoms with Crippen molar-refractivity contribution in [2.24, 2.45) is 5.92 Å². The Hall–Kier alpha value is -1.27. The number of H-pyrrole nitrogens is 1. The topological polar surface area (TPSA) is 48.1 Å². The molecule has 3 fully saturated rings. The molecule has 2 aromatic heterocycles. The molecule has 2 aromatic rings. The number of likely N-dealkylation sites (tertiary alicyclic amines) is 1. The van der Waals surface area contributed by atoms with E-state index in [-0.39, 0.29) is 0 Å². The first-order chi connectivity index (χ1) is 12.3. The SMILES string of the molecule is CN(c1ncnc2[nH]ccc12)C1CC(CSC2CN(C3CCC3)C2)C1. The second-order valence-electron chi connectivity index (χ2n) is 8.03. The van der Waals surface area contributed by atoms with Crippen LogP contribution in [0.4, 0.5) is 5.82 Å². The normalized spacial score (nSPS) is 27.7. The molecule has 6 heteroatoms. The van der Waals surface area contributed by atoms with Crippen molar-refractivity contribution in [3.8, 4) is 0 Å². The van der Waals surface area contributed by atoms with E-state index in [1.54, 1.807) is 6.33 Å². The van der Waals surface area contributed by atoms with Gasteiger partial charge in [0.2, 0.25) is 0 Å². The molecule has 1 saturated heterocycles. The summed E-state index contributed by atoms with van der Waals surface area (Å²) in [7, 11) is 2.19. The second-order valence-corrected chi connectivity index (χ2v) is 9.37. The molecule has 25 heavy (non-hydrogen) atoms. The Bertz CT molecular complexity index is 730. The van der Waals surface area contributed by atoms with Crippen molar-refractivity contribution >= 4 is 28.6 Å². The zero-order valence-corrected chi connectivity index (χ0v) is 15.7. The smallest absolute Gasteiger partial charge is 0.142 e. The molecule has 2 aliphatic carbocycles. The van der Waals surface area contributed by atoms with Crippen LogP contribution in [0.15, 0.2) is 18.6 Å². The lowest BCUT2D eigenvalue weighted by Gasteiger charge is -2.48. The number of aromatic nitrogens is 3. The van der Waals surface area contributed by atoms with Crippen LogP contribution < -0.4 is 4.90 Å². The van der Waals surface area contributed by atoms with Gasteiger partial charge in [-0.05, 0) is 43.4 Å². The summed E-state index contributed by atoms with van der Waals surface area (Å²) in [4.78, 5) is 17.1. The lowest BCUT2D eigenvalue weighted by Crippen LogP contribution is -2.56. The zero-order valence-electron chi connectivity index (χ0n) is 14.9. The summed E-state index contributed by atoms with van der Waals surface area (Å²) in [5.41, 5.74) is 0.935. The predicted molar refractivity (Wildman–Crippen MR) is 104 cm³/mol. The van der Waals surface area contributed by atoms with Crippen molar-refractivity contribution in [1.29, 1.82) is 0 Å². The highest BCUT2D eigenvalue weighted by Gasteiger charge is 2.37. The minimum Gasteiger partial charge on any atom is -0.356 e. The molecule has 0 radical (unpaired) electrons. The fraction of sp³-hybridized carbons (Fsp3) is 0.684. The van der Waals surface area contributed by atoms with Crippen LogP contribution in [0.5, 0.6) is 0 Å². The highest BCUT2D eigenvalue weighted by Crippen LogP contribution is 2.39. The predicted octanol–water partition coefficient (Wildman–Crippen LogP) is 3.14. The summed E-state index contributed by atoms with van der Waals surface area (Å²) in [6.45, 7) is 2.69. The van der Waals surface area contributed by atoms with E-state index in [1.807, 2.05) is 6.20 Å². The van der Waals surface area contributed by atoms with Gasteiger partial charge in [-0.15, -0.1) is 0 Å². The molecule has 3 aliphatic rings. The van der Waals surface area contributed by atoms with Crippen molar-refractivity contribution in [2.45, 2.75) is 49.4 Å². The number of rotatable bonds is 6. The molecule has 0 spiro atoms. The van der Waals surface area contributed by atoms with Crippen LogP contribution in [-0.4, -0.2) is 63.1 Å². The lowest BCUT2D eigenvalue weighted by molar-refractivity contribution is 0.0733. The van der Waals surface area contributed by atoms with Gasteiger partial charge in [0.15, 0.2) is 0 Å². The molecule has 2 saturated carbocycles. The maximum Gasteiger partial charge on any atom is 0.142 e. The van der Waals surface area contributed by atoms with Crippen molar-refractivity contribution < 1.29 is 0 Å². The Balaban J connectivity index is 1.08. The highest BCUT2D eigenvalue weighted by molar-refractivity contribution is 8.00. The minimum absolute atomic E-state index is 0.631. The summed E-state index contributed by atoms with van der Waals surface area (Å²) in [6, 6.07) is 3.65. The van der Waals surface area contributed by atoms with Crippen LogP contribution in [0.2, 0.25) is 0 Å². The quantitative estimate of drug-likeness (QED) is 0.861. The summed E-state index contributed by atoms with van der Waals surface area (Å²) < 4.78 is 0. The fourth-order valence-electron chi connectivity index (χ4n) is 4.36.